The van der Waals surface area contributed by atoms with Crippen molar-refractivity contribution in [2.24, 2.45) is 0 Å². The van der Waals surface area contributed by atoms with Gasteiger partial charge in [0.25, 0.3) is 0 Å². The lowest BCUT2D eigenvalue weighted by Crippen LogP contribution is -1.86. The molecule has 0 saturated carbocycles. The quantitative estimate of drug-likeness (QED) is 0.424. The van der Waals surface area contributed by atoms with Crippen LogP contribution in [0.2, 0.25) is 0 Å². The molecular weight excluding hydrogens is 264 g/mol. The smallest absolute Gasteiger partial charge is 0.00987 e. The van der Waals surface area contributed by atoms with Crippen LogP contribution in [0, 0.1) is 6.07 Å². The van der Waals surface area contributed by atoms with Gasteiger partial charge in [-0.15, -0.1) is 0 Å². The van der Waals surface area contributed by atoms with Crippen molar-refractivity contribution in [3.05, 3.63) is 97.1 Å². The molecule has 4 aromatic carbocycles. The monoisotopic (exact) mass is 279 g/mol. The molecule has 4 rings (SSSR count). The molecule has 103 valence electrons. The normalized spacial score (nSPS) is 10.7. The fourth-order valence-corrected chi connectivity index (χ4v) is 2.98. The second kappa shape index (κ2) is 5.50. The van der Waals surface area contributed by atoms with E-state index in [9.17, 15) is 0 Å². The maximum Gasteiger partial charge on any atom is -0.00987 e. The van der Waals surface area contributed by atoms with Crippen molar-refractivity contribution < 1.29 is 0 Å². The Hall–Kier alpha value is -2.86. The van der Waals surface area contributed by atoms with Gasteiger partial charge in [0.15, 0.2) is 0 Å². The minimum atomic E-state index is 1.22. The summed E-state index contributed by atoms with van der Waals surface area (Å²) in [6, 6.07) is 35.0. The van der Waals surface area contributed by atoms with Crippen molar-refractivity contribution in [3.63, 3.8) is 0 Å². The average Bonchev–Trinajstić information content (AvgIpc) is 2.62. The van der Waals surface area contributed by atoms with Crippen LogP contribution in [0.4, 0.5) is 0 Å². The summed E-state index contributed by atoms with van der Waals surface area (Å²) in [4.78, 5) is 0. The first-order valence-corrected chi connectivity index (χ1v) is 7.47. The van der Waals surface area contributed by atoms with E-state index in [1.165, 1.54) is 33.0 Å². The van der Waals surface area contributed by atoms with Crippen LogP contribution in [0.3, 0.4) is 0 Å². The first kappa shape index (κ1) is 12.8. The summed E-state index contributed by atoms with van der Waals surface area (Å²) in [5.74, 6) is 0. The van der Waals surface area contributed by atoms with Gasteiger partial charge in [-0.25, -0.2) is 0 Å². The first-order valence-electron chi connectivity index (χ1n) is 7.47. The summed E-state index contributed by atoms with van der Waals surface area (Å²) in [5.41, 5.74) is 4.97. The second-order valence-electron chi connectivity index (χ2n) is 5.36. The summed E-state index contributed by atoms with van der Waals surface area (Å²) < 4.78 is 0. The van der Waals surface area contributed by atoms with E-state index in [4.69, 9.17) is 0 Å². The van der Waals surface area contributed by atoms with Crippen LogP contribution in [0.5, 0.6) is 0 Å². The van der Waals surface area contributed by atoms with Gasteiger partial charge in [0.2, 0.25) is 0 Å². The number of hydrogen-bond acceptors (Lipinski definition) is 0. The highest BCUT2D eigenvalue weighted by Gasteiger charge is 2.09. The van der Waals surface area contributed by atoms with E-state index in [2.05, 4.69) is 84.9 Å². The van der Waals surface area contributed by atoms with Crippen LogP contribution < -0.4 is 0 Å². The van der Waals surface area contributed by atoms with Crippen LogP contribution in [0.25, 0.3) is 33.0 Å². The summed E-state index contributed by atoms with van der Waals surface area (Å²) in [7, 11) is 0. The Labute approximate surface area is 130 Å². The predicted molar refractivity (Wildman–Crippen MR) is 93.7 cm³/mol. The topological polar surface area (TPSA) is 0 Å². The third kappa shape index (κ3) is 2.19. The molecule has 0 bridgehead atoms. The zero-order valence-electron chi connectivity index (χ0n) is 12.2. The molecule has 0 heterocycles. The van der Waals surface area contributed by atoms with E-state index in [1.807, 2.05) is 12.1 Å². The average molecular weight is 279 g/mol. The minimum absolute atomic E-state index is 1.22. The predicted octanol–water partition coefficient (Wildman–Crippen LogP) is 5.97. The Balaban J connectivity index is 2.01. The first-order chi connectivity index (χ1) is 10.9. The fourth-order valence-electron chi connectivity index (χ4n) is 2.98. The fraction of sp³-hybridized carbons (Fsp3) is 0. The van der Waals surface area contributed by atoms with Crippen molar-refractivity contribution in [2.75, 3.05) is 0 Å². The van der Waals surface area contributed by atoms with Crippen molar-refractivity contribution in [1.29, 1.82) is 0 Å². The molecule has 0 aromatic heterocycles. The van der Waals surface area contributed by atoms with E-state index >= 15 is 0 Å². The maximum absolute atomic E-state index is 3.22. The van der Waals surface area contributed by atoms with Crippen LogP contribution in [-0.4, -0.2) is 0 Å². The number of fused-ring (bicyclic) bond motifs is 1. The van der Waals surface area contributed by atoms with Crippen LogP contribution in [0.1, 0.15) is 0 Å². The zero-order chi connectivity index (χ0) is 14.8. The van der Waals surface area contributed by atoms with Gasteiger partial charge in [0.1, 0.15) is 0 Å². The minimum Gasteiger partial charge on any atom is -0.0622 e. The van der Waals surface area contributed by atoms with Crippen LogP contribution in [0.15, 0.2) is 91.0 Å². The highest BCUT2D eigenvalue weighted by Crippen LogP contribution is 2.35. The lowest BCUT2D eigenvalue weighted by Gasteiger charge is -2.12. The number of rotatable bonds is 2. The lowest BCUT2D eigenvalue weighted by molar-refractivity contribution is 1.59. The molecule has 0 N–H and O–H groups in total. The van der Waals surface area contributed by atoms with Gasteiger partial charge in [-0.3, -0.25) is 0 Å². The van der Waals surface area contributed by atoms with Crippen molar-refractivity contribution >= 4 is 10.8 Å². The Morgan fingerprint density at radius 2 is 1.32 bits per heavy atom. The van der Waals surface area contributed by atoms with Gasteiger partial charge in [-0.1, -0.05) is 84.9 Å². The zero-order valence-corrected chi connectivity index (χ0v) is 12.2. The standard InChI is InChI=1S/C22H15/c1-2-9-17(10-3-1)19-14-6-7-15-21(19)22-16-8-12-18-11-4-5-13-20(18)22/h1-5,7-16H. The van der Waals surface area contributed by atoms with Gasteiger partial charge < -0.3 is 0 Å². The van der Waals surface area contributed by atoms with E-state index < -0.39 is 0 Å². The summed E-state index contributed by atoms with van der Waals surface area (Å²) in [5, 5.41) is 2.56. The van der Waals surface area contributed by atoms with Crippen LogP contribution >= 0.6 is 0 Å². The number of hydrogen-bond donors (Lipinski definition) is 0. The third-order valence-electron chi connectivity index (χ3n) is 4.03. The molecule has 22 heavy (non-hydrogen) atoms. The molecule has 0 aliphatic rings. The van der Waals surface area contributed by atoms with E-state index in [-0.39, 0.29) is 0 Å². The highest BCUT2D eigenvalue weighted by atomic mass is 14.1. The van der Waals surface area contributed by atoms with Crippen molar-refractivity contribution in [2.45, 2.75) is 0 Å². The third-order valence-corrected chi connectivity index (χ3v) is 4.03. The molecule has 0 aliphatic heterocycles. The van der Waals surface area contributed by atoms with Crippen molar-refractivity contribution in [3.8, 4) is 22.3 Å². The Bertz CT molecular complexity index is 915. The Morgan fingerprint density at radius 3 is 2.23 bits per heavy atom. The second-order valence-corrected chi connectivity index (χ2v) is 5.36. The van der Waals surface area contributed by atoms with E-state index in [0.717, 1.165) is 0 Å². The molecule has 0 atom stereocenters. The van der Waals surface area contributed by atoms with Crippen molar-refractivity contribution in [1.82, 2.24) is 0 Å². The molecule has 0 spiro atoms. The summed E-state index contributed by atoms with van der Waals surface area (Å²) in [6.45, 7) is 0. The molecular formula is C22H15. The molecule has 0 saturated heterocycles. The molecule has 0 fully saturated rings. The van der Waals surface area contributed by atoms with Gasteiger partial charge in [-0.05, 0) is 45.2 Å². The van der Waals surface area contributed by atoms with E-state index in [1.54, 1.807) is 0 Å². The Kier molecular flexibility index (Phi) is 3.21. The molecule has 0 nitrogen and oxygen atoms in total. The molecule has 1 radical (unpaired) electrons. The summed E-state index contributed by atoms with van der Waals surface area (Å²) >= 11 is 0. The largest absolute Gasteiger partial charge is 0.0622 e. The van der Waals surface area contributed by atoms with Crippen LogP contribution in [-0.2, 0) is 0 Å². The van der Waals surface area contributed by atoms with Gasteiger partial charge in [-0.2, -0.15) is 0 Å². The molecule has 0 unspecified atom stereocenters. The SMILES string of the molecule is [c]1ccc(-c2cccc3ccccc23)c(-c2ccccc2)c1. The molecule has 0 heteroatoms. The van der Waals surface area contributed by atoms with Gasteiger partial charge in [0.05, 0.1) is 0 Å². The summed E-state index contributed by atoms with van der Waals surface area (Å²) in [6.07, 6.45) is 0. The lowest BCUT2D eigenvalue weighted by atomic mass is 9.91. The van der Waals surface area contributed by atoms with Gasteiger partial charge in [0, 0.05) is 0 Å². The molecule has 0 aliphatic carbocycles. The number of benzene rings is 4. The van der Waals surface area contributed by atoms with E-state index in [0.29, 0.717) is 0 Å². The maximum atomic E-state index is 3.22. The molecule has 4 aromatic rings. The Morgan fingerprint density at radius 1 is 0.545 bits per heavy atom. The highest BCUT2D eigenvalue weighted by molar-refractivity contribution is 6.00. The molecule has 0 amide bonds. The van der Waals surface area contributed by atoms with Gasteiger partial charge >= 0.3 is 0 Å².